The molecule has 236 valence electrons. The lowest BCUT2D eigenvalue weighted by atomic mass is 9.75. The van der Waals surface area contributed by atoms with Crippen LogP contribution in [0.25, 0.3) is 81.7 Å². The van der Waals surface area contributed by atoms with E-state index >= 15 is 0 Å². The molecule has 1 atom stereocenters. The molecular weight excluding hydrogens is 605 g/mol. The van der Waals surface area contributed by atoms with E-state index in [4.69, 9.17) is 4.42 Å². The number of allylic oxidation sites excluding steroid dienone is 4. The summed E-state index contributed by atoms with van der Waals surface area (Å²) < 4.78 is 6.66. The summed E-state index contributed by atoms with van der Waals surface area (Å²) in [5.41, 5.74) is 11.5. The number of rotatable bonds is 2. The van der Waals surface area contributed by atoms with Gasteiger partial charge in [0, 0.05) is 27.5 Å². The highest BCUT2D eigenvalue weighted by molar-refractivity contribution is 6.20. The molecule has 2 aliphatic rings. The smallest absolute Gasteiger partial charge is 0.143 e. The number of hydrogen-bond acceptors (Lipinski definition) is 1. The van der Waals surface area contributed by atoms with Gasteiger partial charge in [0.05, 0.1) is 0 Å². The number of benzene rings is 8. The number of furan rings is 1. The molecule has 1 heteroatoms. The molecule has 2 aliphatic carbocycles. The van der Waals surface area contributed by atoms with Crippen LogP contribution in [0, 0.1) is 0 Å². The van der Waals surface area contributed by atoms with Gasteiger partial charge in [-0.2, -0.15) is 0 Å². The van der Waals surface area contributed by atoms with E-state index < -0.39 is 0 Å². The Hall–Kier alpha value is -5.92. The van der Waals surface area contributed by atoms with Gasteiger partial charge in [-0.15, -0.1) is 0 Å². The average molecular weight is 639 g/mol. The zero-order valence-electron chi connectivity index (χ0n) is 28.1. The van der Waals surface area contributed by atoms with Crippen LogP contribution < -0.4 is 0 Å². The first-order valence-corrected chi connectivity index (χ1v) is 17.8. The van der Waals surface area contributed by atoms with Crippen LogP contribution in [0.4, 0.5) is 0 Å². The Morgan fingerprint density at radius 3 is 1.92 bits per heavy atom. The second kappa shape index (κ2) is 10.1. The average Bonchev–Trinajstić information content (AvgIpc) is 3.65. The molecule has 0 saturated carbocycles. The molecule has 0 saturated heterocycles. The third-order valence-electron chi connectivity index (χ3n) is 11.8. The second-order valence-corrected chi connectivity index (χ2v) is 14.8. The summed E-state index contributed by atoms with van der Waals surface area (Å²) in [4.78, 5) is 0. The van der Waals surface area contributed by atoms with E-state index in [-0.39, 0.29) is 5.41 Å². The summed E-state index contributed by atoms with van der Waals surface area (Å²) in [5, 5.41) is 12.7. The van der Waals surface area contributed by atoms with Gasteiger partial charge in [0.2, 0.25) is 0 Å². The van der Waals surface area contributed by atoms with Crippen LogP contribution in [0.1, 0.15) is 42.9 Å². The highest BCUT2D eigenvalue weighted by atomic mass is 16.3. The molecule has 1 heterocycles. The molecule has 0 fully saturated rings. The predicted octanol–water partition coefficient (Wildman–Crippen LogP) is 13.7. The van der Waals surface area contributed by atoms with Gasteiger partial charge in [0.1, 0.15) is 11.2 Å². The van der Waals surface area contributed by atoms with Crippen molar-refractivity contribution in [3.8, 4) is 11.1 Å². The number of fused-ring (bicyclic) bond motifs is 12. The highest BCUT2D eigenvalue weighted by Gasteiger charge is 2.44. The van der Waals surface area contributed by atoms with Gasteiger partial charge in [-0.05, 0) is 95.7 Å². The molecule has 1 nitrogen and oxygen atoms in total. The second-order valence-electron chi connectivity index (χ2n) is 14.8. The first-order valence-electron chi connectivity index (χ1n) is 17.8. The molecule has 0 amide bonds. The molecule has 0 radical (unpaired) electrons. The minimum atomic E-state index is -0.126. The fraction of sp³-hybridized carbons (Fsp3) is 0.102. The van der Waals surface area contributed by atoms with Crippen molar-refractivity contribution in [2.45, 2.75) is 31.6 Å². The van der Waals surface area contributed by atoms with Crippen molar-refractivity contribution < 1.29 is 4.42 Å². The minimum Gasteiger partial charge on any atom is -0.455 e. The Labute approximate surface area is 290 Å². The van der Waals surface area contributed by atoms with Crippen LogP contribution in [0.5, 0.6) is 0 Å². The molecular formula is C49H34O. The standard InChI is InChI=1S/C49H34O/c1-49(2)42-26-23-33(28-41(42)39-24-21-30-22-25-40-34-13-9-10-18-43(34)50-48(40)46(30)47(39)49)45-37-16-7-5-14-35(37)44(36-15-6-8-17-38(36)45)32-20-19-29-11-3-4-12-31(29)27-32/h3-27,41H,28H2,1-2H3. The first-order chi connectivity index (χ1) is 24.6. The predicted molar refractivity (Wildman–Crippen MR) is 212 cm³/mol. The zero-order valence-corrected chi connectivity index (χ0v) is 28.1. The van der Waals surface area contributed by atoms with Crippen molar-refractivity contribution in [2.24, 2.45) is 0 Å². The van der Waals surface area contributed by atoms with E-state index in [9.17, 15) is 0 Å². The van der Waals surface area contributed by atoms with Gasteiger partial charge in [-0.1, -0.05) is 153 Å². The van der Waals surface area contributed by atoms with Gasteiger partial charge >= 0.3 is 0 Å². The Morgan fingerprint density at radius 2 is 1.16 bits per heavy atom. The Kier molecular flexibility index (Phi) is 5.63. The largest absolute Gasteiger partial charge is 0.455 e. The van der Waals surface area contributed by atoms with Crippen molar-refractivity contribution in [2.75, 3.05) is 0 Å². The number of para-hydroxylation sites is 1. The lowest BCUT2D eigenvalue weighted by Gasteiger charge is -2.29. The van der Waals surface area contributed by atoms with Crippen LogP contribution >= 0.6 is 0 Å². The molecule has 1 unspecified atom stereocenters. The molecule has 0 N–H and O–H groups in total. The maximum absolute atomic E-state index is 6.66. The van der Waals surface area contributed by atoms with E-state index in [2.05, 4.69) is 166 Å². The summed E-state index contributed by atoms with van der Waals surface area (Å²) in [6.45, 7) is 4.83. The Bertz CT molecular complexity index is 2930. The summed E-state index contributed by atoms with van der Waals surface area (Å²) in [6.07, 6.45) is 5.85. The molecule has 0 bridgehead atoms. The van der Waals surface area contributed by atoms with Crippen molar-refractivity contribution in [3.05, 3.63) is 174 Å². The van der Waals surface area contributed by atoms with Crippen LogP contribution in [-0.2, 0) is 5.41 Å². The monoisotopic (exact) mass is 638 g/mol. The summed E-state index contributed by atoms with van der Waals surface area (Å²) >= 11 is 0. The van der Waals surface area contributed by atoms with Crippen LogP contribution in [0.15, 0.2) is 162 Å². The van der Waals surface area contributed by atoms with E-state index in [1.165, 1.54) is 92.8 Å². The minimum absolute atomic E-state index is 0.126. The van der Waals surface area contributed by atoms with Gasteiger partial charge in [-0.25, -0.2) is 0 Å². The Morgan fingerprint density at radius 1 is 0.540 bits per heavy atom. The van der Waals surface area contributed by atoms with Gasteiger partial charge in [0.15, 0.2) is 0 Å². The van der Waals surface area contributed by atoms with Crippen molar-refractivity contribution in [1.82, 2.24) is 0 Å². The third-order valence-corrected chi connectivity index (χ3v) is 11.8. The Balaban J connectivity index is 1.13. The lowest BCUT2D eigenvalue weighted by Crippen LogP contribution is -2.18. The van der Waals surface area contributed by atoms with Crippen LogP contribution in [-0.4, -0.2) is 0 Å². The fourth-order valence-corrected chi connectivity index (χ4v) is 9.66. The molecule has 9 aromatic rings. The third kappa shape index (κ3) is 3.72. The maximum Gasteiger partial charge on any atom is 0.143 e. The van der Waals surface area contributed by atoms with Crippen LogP contribution in [0.3, 0.4) is 0 Å². The summed E-state index contributed by atoms with van der Waals surface area (Å²) in [7, 11) is 0. The summed E-state index contributed by atoms with van der Waals surface area (Å²) in [6, 6.07) is 51.4. The van der Waals surface area contributed by atoms with E-state index in [0.717, 1.165) is 17.6 Å². The van der Waals surface area contributed by atoms with Crippen molar-refractivity contribution >= 4 is 70.6 Å². The SMILES string of the molecule is CC1(C)C2=CC=C(c3c4ccccc4c(-c4ccc5ccccc5c4)c4ccccc34)CC2c2ccc3ccc4c5ccccc5oc4c3c21. The maximum atomic E-state index is 6.66. The molecule has 50 heavy (non-hydrogen) atoms. The van der Waals surface area contributed by atoms with Gasteiger partial charge < -0.3 is 4.42 Å². The molecule has 11 rings (SSSR count). The topological polar surface area (TPSA) is 13.1 Å². The lowest BCUT2D eigenvalue weighted by molar-refractivity contribution is 0.617. The van der Waals surface area contributed by atoms with E-state index in [1.807, 2.05) is 0 Å². The van der Waals surface area contributed by atoms with Crippen molar-refractivity contribution in [3.63, 3.8) is 0 Å². The summed E-state index contributed by atoms with van der Waals surface area (Å²) in [5.74, 6) is 0.307. The molecule has 0 spiro atoms. The van der Waals surface area contributed by atoms with Crippen LogP contribution in [0.2, 0.25) is 0 Å². The normalized spacial score (nSPS) is 16.7. The quantitative estimate of drug-likeness (QED) is 0.172. The van der Waals surface area contributed by atoms with E-state index in [1.54, 1.807) is 0 Å². The van der Waals surface area contributed by atoms with Gasteiger partial charge in [0.25, 0.3) is 0 Å². The number of hydrogen-bond donors (Lipinski definition) is 0. The molecule has 1 aromatic heterocycles. The van der Waals surface area contributed by atoms with Gasteiger partial charge in [-0.3, -0.25) is 0 Å². The van der Waals surface area contributed by atoms with Crippen molar-refractivity contribution in [1.29, 1.82) is 0 Å². The highest BCUT2D eigenvalue weighted by Crippen LogP contribution is 2.58. The fourth-order valence-electron chi connectivity index (χ4n) is 9.66. The zero-order chi connectivity index (χ0) is 33.1. The molecule has 0 aliphatic heterocycles. The van der Waals surface area contributed by atoms with E-state index in [0.29, 0.717) is 5.92 Å². The first kappa shape index (κ1) is 28.0. The molecule has 8 aromatic carbocycles.